The maximum absolute atomic E-state index is 12.0. The third-order valence-corrected chi connectivity index (χ3v) is 5.00. The summed E-state index contributed by atoms with van der Waals surface area (Å²) in [6, 6.07) is -0.0347. The van der Waals surface area contributed by atoms with Crippen molar-refractivity contribution in [3.63, 3.8) is 0 Å². The number of hydrogen-bond acceptors (Lipinski definition) is 3. The molecule has 0 saturated carbocycles. The summed E-state index contributed by atoms with van der Waals surface area (Å²) in [5, 5.41) is 2.95. The van der Waals surface area contributed by atoms with E-state index in [4.69, 9.17) is 0 Å². The number of carbonyl (C=O) groups excluding carboxylic acids is 1. The molecule has 0 bridgehead atoms. The van der Waals surface area contributed by atoms with E-state index in [1.165, 1.54) is 0 Å². The Morgan fingerprint density at radius 3 is 2.29 bits per heavy atom. The number of nitrogens with zero attached hydrogens (tertiary/aromatic N) is 1. The van der Waals surface area contributed by atoms with Gasteiger partial charge in [-0.25, -0.2) is 17.9 Å². The van der Waals surface area contributed by atoms with E-state index in [0.29, 0.717) is 32.0 Å². The second kappa shape index (κ2) is 7.45. The first-order valence-corrected chi connectivity index (χ1v) is 9.32. The molecule has 7 heteroatoms. The van der Waals surface area contributed by atoms with Gasteiger partial charge in [0.2, 0.25) is 10.0 Å². The standard InChI is InChI=1S/C14H29N3O3S/c1-5-10-21(19,20)15-11-12-6-8-17(9-7-12)13(18)16-14(2,3)4/h12,15H,5-11H2,1-4H3,(H,16,18). The Labute approximate surface area is 128 Å². The lowest BCUT2D eigenvalue weighted by molar-refractivity contribution is 0.163. The highest BCUT2D eigenvalue weighted by atomic mass is 32.2. The Morgan fingerprint density at radius 1 is 1.24 bits per heavy atom. The van der Waals surface area contributed by atoms with Gasteiger partial charge >= 0.3 is 6.03 Å². The Morgan fingerprint density at radius 2 is 1.81 bits per heavy atom. The zero-order valence-electron chi connectivity index (χ0n) is 13.6. The number of amides is 2. The minimum absolute atomic E-state index is 0.0347. The molecule has 1 aliphatic heterocycles. The topological polar surface area (TPSA) is 78.5 Å². The molecule has 0 radical (unpaired) electrons. The average Bonchev–Trinajstić information content (AvgIpc) is 2.35. The Hall–Kier alpha value is -0.820. The summed E-state index contributed by atoms with van der Waals surface area (Å²) in [5.74, 6) is 0.495. The van der Waals surface area contributed by atoms with Crippen molar-refractivity contribution in [3.8, 4) is 0 Å². The number of urea groups is 1. The van der Waals surface area contributed by atoms with Crippen molar-refractivity contribution in [1.82, 2.24) is 14.9 Å². The van der Waals surface area contributed by atoms with E-state index in [0.717, 1.165) is 12.8 Å². The van der Waals surface area contributed by atoms with Gasteiger partial charge in [-0.05, 0) is 46.0 Å². The van der Waals surface area contributed by atoms with Crippen LogP contribution in [0.2, 0.25) is 0 Å². The SMILES string of the molecule is CCCS(=O)(=O)NCC1CCN(C(=O)NC(C)(C)C)CC1. The lowest BCUT2D eigenvalue weighted by Crippen LogP contribution is -2.51. The number of nitrogens with one attached hydrogen (secondary N) is 2. The van der Waals surface area contributed by atoms with Gasteiger partial charge in [-0.2, -0.15) is 0 Å². The van der Waals surface area contributed by atoms with Gasteiger partial charge in [0, 0.05) is 25.2 Å². The van der Waals surface area contributed by atoms with Crippen LogP contribution in [0.15, 0.2) is 0 Å². The number of carbonyl (C=O) groups is 1. The van der Waals surface area contributed by atoms with Crippen molar-refractivity contribution >= 4 is 16.1 Å². The summed E-state index contributed by atoms with van der Waals surface area (Å²) in [5.41, 5.74) is -0.232. The number of rotatable bonds is 5. The monoisotopic (exact) mass is 319 g/mol. The van der Waals surface area contributed by atoms with Gasteiger partial charge in [-0.15, -0.1) is 0 Å². The third-order valence-electron chi connectivity index (χ3n) is 3.45. The van der Waals surface area contributed by atoms with Gasteiger partial charge in [0.05, 0.1) is 5.75 Å². The molecule has 2 amide bonds. The fourth-order valence-corrected chi connectivity index (χ4v) is 3.50. The quantitative estimate of drug-likeness (QED) is 0.807. The summed E-state index contributed by atoms with van der Waals surface area (Å²) < 4.78 is 25.9. The first kappa shape index (κ1) is 18.2. The number of piperidine rings is 1. The lowest BCUT2D eigenvalue weighted by Gasteiger charge is -2.34. The molecule has 0 aromatic rings. The summed E-state index contributed by atoms with van der Waals surface area (Å²) in [7, 11) is -3.13. The molecule has 0 atom stereocenters. The zero-order chi connectivity index (χ0) is 16.1. The summed E-state index contributed by atoms with van der Waals surface area (Å²) >= 11 is 0. The van der Waals surface area contributed by atoms with Crippen LogP contribution in [0, 0.1) is 5.92 Å². The molecular weight excluding hydrogens is 290 g/mol. The van der Waals surface area contributed by atoms with Crippen molar-refractivity contribution < 1.29 is 13.2 Å². The predicted molar refractivity (Wildman–Crippen MR) is 84.7 cm³/mol. The van der Waals surface area contributed by atoms with Crippen molar-refractivity contribution in [3.05, 3.63) is 0 Å². The van der Waals surface area contributed by atoms with Crippen LogP contribution in [-0.2, 0) is 10.0 Å². The van der Waals surface area contributed by atoms with Crippen LogP contribution in [0.5, 0.6) is 0 Å². The maximum atomic E-state index is 12.0. The van der Waals surface area contributed by atoms with E-state index in [2.05, 4.69) is 10.0 Å². The summed E-state index contributed by atoms with van der Waals surface area (Å²) in [6.07, 6.45) is 2.30. The van der Waals surface area contributed by atoms with E-state index < -0.39 is 10.0 Å². The molecular formula is C14H29N3O3S. The van der Waals surface area contributed by atoms with E-state index >= 15 is 0 Å². The van der Waals surface area contributed by atoms with Crippen LogP contribution < -0.4 is 10.0 Å². The Bertz CT molecular complexity index is 435. The molecule has 0 aromatic carbocycles. The molecule has 1 fully saturated rings. The van der Waals surface area contributed by atoms with Crippen LogP contribution in [0.25, 0.3) is 0 Å². The highest BCUT2D eigenvalue weighted by Gasteiger charge is 2.25. The fourth-order valence-electron chi connectivity index (χ4n) is 2.33. The van der Waals surface area contributed by atoms with E-state index in [1.54, 1.807) is 0 Å². The van der Waals surface area contributed by atoms with Gasteiger partial charge in [0.1, 0.15) is 0 Å². The molecule has 0 aliphatic carbocycles. The Balaban J connectivity index is 2.34. The number of hydrogen-bond donors (Lipinski definition) is 2. The third kappa shape index (κ3) is 7.13. The van der Waals surface area contributed by atoms with Crippen molar-refractivity contribution in [2.45, 2.75) is 52.5 Å². The molecule has 0 spiro atoms. The maximum Gasteiger partial charge on any atom is 0.317 e. The predicted octanol–water partition coefficient (Wildman–Crippen LogP) is 1.54. The fraction of sp³-hybridized carbons (Fsp3) is 0.929. The Kier molecular flexibility index (Phi) is 6.46. The second-order valence-electron chi connectivity index (χ2n) is 6.78. The lowest BCUT2D eigenvalue weighted by atomic mass is 9.97. The van der Waals surface area contributed by atoms with E-state index in [1.807, 2.05) is 32.6 Å². The second-order valence-corrected chi connectivity index (χ2v) is 8.70. The van der Waals surface area contributed by atoms with Gasteiger partial charge in [0.15, 0.2) is 0 Å². The largest absolute Gasteiger partial charge is 0.333 e. The van der Waals surface area contributed by atoms with Gasteiger partial charge in [-0.3, -0.25) is 0 Å². The first-order valence-electron chi connectivity index (χ1n) is 7.67. The highest BCUT2D eigenvalue weighted by Crippen LogP contribution is 2.17. The number of likely N-dealkylation sites (tertiary alicyclic amines) is 1. The van der Waals surface area contributed by atoms with Crippen LogP contribution in [0.1, 0.15) is 47.0 Å². The molecule has 1 rings (SSSR count). The molecule has 1 heterocycles. The minimum atomic E-state index is -3.13. The van der Waals surface area contributed by atoms with Crippen molar-refractivity contribution in [1.29, 1.82) is 0 Å². The highest BCUT2D eigenvalue weighted by molar-refractivity contribution is 7.89. The summed E-state index contributed by atoms with van der Waals surface area (Å²) in [6.45, 7) is 9.58. The van der Waals surface area contributed by atoms with Crippen molar-refractivity contribution in [2.75, 3.05) is 25.4 Å². The van der Waals surface area contributed by atoms with Crippen LogP contribution in [0.4, 0.5) is 4.79 Å². The smallest absolute Gasteiger partial charge is 0.317 e. The molecule has 6 nitrogen and oxygen atoms in total. The molecule has 1 aliphatic rings. The number of sulfonamides is 1. The van der Waals surface area contributed by atoms with Gasteiger partial charge in [-0.1, -0.05) is 6.92 Å². The van der Waals surface area contributed by atoms with Crippen LogP contribution in [0.3, 0.4) is 0 Å². The zero-order valence-corrected chi connectivity index (χ0v) is 14.4. The van der Waals surface area contributed by atoms with Crippen LogP contribution >= 0.6 is 0 Å². The molecule has 0 unspecified atom stereocenters. The van der Waals surface area contributed by atoms with Crippen LogP contribution in [-0.4, -0.2) is 50.3 Å². The van der Waals surface area contributed by atoms with E-state index in [-0.39, 0.29) is 17.3 Å². The first-order chi connectivity index (χ1) is 9.63. The van der Waals surface area contributed by atoms with Crippen molar-refractivity contribution in [2.24, 2.45) is 5.92 Å². The van der Waals surface area contributed by atoms with Gasteiger partial charge < -0.3 is 10.2 Å². The molecule has 2 N–H and O–H groups in total. The molecule has 124 valence electrons. The summed E-state index contributed by atoms with van der Waals surface area (Å²) in [4.78, 5) is 13.8. The minimum Gasteiger partial charge on any atom is -0.333 e. The normalized spacial score (nSPS) is 17.8. The van der Waals surface area contributed by atoms with Gasteiger partial charge in [0.25, 0.3) is 0 Å². The molecule has 21 heavy (non-hydrogen) atoms. The average molecular weight is 319 g/mol. The molecule has 1 saturated heterocycles. The molecule has 0 aromatic heterocycles. The van der Waals surface area contributed by atoms with E-state index in [9.17, 15) is 13.2 Å².